The van der Waals surface area contributed by atoms with E-state index in [2.05, 4.69) is 26.8 Å². The zero-order chi connectivity index (χ0) is 20.1. The quantitative estimate of drug-likeness (QED) is 0.416. The second kappa shape index (κ2) is 13.0. The average molecular weight is 380 g/mol. The van der Waals surface area contributed by atoms with Gasteiger partial charge in [-0.1, -0.05) is 58.9 Å². The highest BCUT2D eigenvalue weighted by Gasteiger charge is 2.23. The Balaban J connectivity index is 2.45. The van der Waals surface area contributed by atoms with Crippen LogP contribution < -0.4 is 15.2 Å². The summed E-state index contributed by atoms with van der Waals surface area (Å²) in [5.74, 6) is 2.49. The maximum Gasteiger partial charge on any atom is 0.125 e. The van der Waals surface area contributed by atoms with Crippen molar-refractivity contribution in [2.24, 2.45) is 11.7 Å². The number of benzene rings is 1. The second-order valence-corrected chi connectivity index (χ2v) is 8.19. The lowest BCUT2D eigenvalue weighted by molar-refractivity contribution is 0.177. The largest absolute Gasteiger partial charge is 0.496 e. The molecule has 4 heteroatoms. The van der Waals surface area contributed by atoms with Crippen LogP contribution in [0, 0.1) is 5.92 Å². The Hall–Kier alpha value is -1.26. The molecular formula is C23H41NO3. The van der Waals surface area contributed by atoms with E-state index in [1.807, 2.05) is 12.1 Å². The van der Waals surface area contributed by atoms with Crippen LogP contribution in [0.2, 0.25) is 0 Å². The summed E-state index contributed by atoms with van der Waals surface area (Å²) >= 11 is 0. The van der Waals surface area contributed by atoms with Crippen molar-refractivity contribution in [2.45, 2.75) is 84.1 Å². The average Bonchev–Trinajstić information content (AvgIpc) is 2.66. The van der Waals surface area contributed by atoms with E-state index < -0.39 is 5.54 Å². The van der Waals surface area contributed by atoms with Gasteiger partial charge < -0.3 is 20.3 Å². The Morgan fingerprint density at radius 3 is 2.48 bits per heavy atom. The van der Waals surface area contributed by atoms with Gasteiger partial charge in [0.05, 0.1) is 20.3 Å². The number of ether oxygens (including phenoxy) is 2. The molecule has 0 saturated carbocycles. The van der Waals surface area contributed by atoms with Gasteiger partial charge in [0.15, 0.2) is 0 Å². The van der Waals surface area contributed by atoms with Crippen LogP contribution in [0.5, 0.6) is 11.5 Å². The molecule has 1 aromatic carbocycles. The Labute approximate surface area is 166 Å². The van der Waals surface area contributed by atoms with Gasteiger partial charge in [-0.2, -0.15) is 0 Å². The van der Waals surface area contributed by atoms with Crippen LogP contribution >= 0.6 is 0 Å². The maximum absolute atomic E-state index is 9.59. The molecule has 0 radical (unpaired) electrons. The SMILES string of the molecule is CCCC(N)(CO)CCc1ccc(OCCCCCCC(C)C)cc1OC. The predicted molar refractivity (Wildman–Crippen MR) is 114 cm³/mol. The first kappa shape index (κ1) is 23.8. The highest BCUT2D eigenvalue weighted by Crippen LogP contribution is 2.28. The van der Waals surface area contributed by atoms with Crippen LogP contribution in [0.1, 0.15) is 77.7 Å². The van der Waals surface area contributed by atoms with Gasteiger partial charge in [0.2, 0.25) is 0 Å². The molecule has 0 aliphatic rings. The normalized spacial score (nSPS) is 13.6. The monoisotopic (exact) mass is 379 g/mol. The van der Waals surface area contributed by atoms with Crippen molar-refractivity contribution < 1.29 is 14.6 Å². The molecule has 1 rings (SSSR count). The summed E-state index contributed by atoms with van der Waals surface area (Å²) < 4.78 is 11.4. The summed E-state index contributed by atoms with van der Waals surface area (Å²) in [6.07, 6.45) is 9.55. The van der Waals surface area contributed by atoms with E-state index >= 15 is 0 Å². The van der Waals surface area contributed by atoms with Crippen LogP contribution in [-0.4, -0.2) is 31.0 Å². The number of methoxy groups -OCH3 is 1. The van der Waals surface area contributed by atoms with E-state index in [0.717, 1.165) is 61.7 Å². The lowest BCUT2D eigenvalue weighted by atomic mass is 9.88. The number of unbranched alkanes of at least 4 members (excludes halogenated alkanes) is 3. The molecule has 156 valence electrons. The van der Waals surface area contributed by atoms with Crippen molar-refractivity contribution in [3.8, 4) is 11.5 Å². The topological polar surface area (TPSA) is 64.7 Å². The fraction of sp³-hybridized carbons (Fsp3) is 0.739. The molecular weight excluding hydrogens is 338 g/mol. The molecule has 0 bridgehead atoms. The fourth-order valence-electron chi connectivity index (χ4n) is 3.38. The van der Waals surface area contributed by atoms with Crippen LogP contribution in [0.25, 0.3) is 0 Å². The summed E-state index contributed by atoms with van der Waals surface area (Å²) in [4.78, 5) is 0. The number of rotatable bonds is 15. The number of hydrogen-bond donors (Lipinski definition) is 2. The Kier molecular flexibility index (Phi) is 11.5. The smallest absolute Gasteiger partial charge is 0.125 e. The summed E-state index contributed by atoms with van der Waals surface area (Å²) in [7, 11) is 1.69. The number of nitrogens with two attached hydrogens (primary N) is 1. The Morgan fingerprint density at radius 2 is 1.85 bits per heavy atom. The lowest BCUT2D eigenvalue weighted by Crippen LogP contribution is -2.43. The summed E-state index contributed by atoms with van der Waals surface area (Å²) in [5, 5.41) is 9.59. The van der Waals surface area contributed by atoms with Gasteiger partial charge >= 0.3 is 0 Å². The minimum absolute atomic E-state index is 0.0154. The first-order chi connectivity index (χ1) is 12.9. The van der Waals surface area contributed by atoms with E-state index in [0.29, 0.717) is 0 Å². The molecule has 0 heterocycles. The number of aliphatic hydroxyl groups is 1. The minimum Gasteiger partial charge on any atom is -0.496 e. The molecule has 27 heavy (non-hydrogen) atoms. The highest BCUT2D eigenvalue weighted by molar-refractivity contribution is 5.41. The van der Waals surface area contributed by atoms with Gasteiger partial charge in [0.1, 0.15) is 11.5 Å². The summed E-state index contributed by atoms with van der Waals surface area (Å²) in [6.45, 7) is 7.41. The van der Waals surface area contributed by atoms with Crippen molar-refractivity contribution in [3.05, 3.63) is 23.8 Å². The van der Waals surface area contributed by atoms with Crippen LogP contribution in [0.4, 0.5) is 0 Å². The molecule has 3 N–H and O–H groups in total. The molecule has 4 nitrogen and oxygen atoms in total. The number of hydrogen-bond acceptors (Lipinski definition) is 4. The molecule has 0 saturated heterocycles. The third kappa shape index (κ3) is 9.48. The summed E-state index contributed by atoms with van der Waals surface area (Å²) in [6, 6.07) is 6.03. The third-order valence-corrected chi connectivity index (χ3v) is 5.16. The Morgan fingerprint density at radius 1 is 1.11 bits per heavy atom. The molecule has 1 atom stereocenters. The maximum atomic E-state index is 9.59. The second-order valence-electron chi connectivity index (χ2n) is 8.19. The Bertz CT molecular complexity index is 518. The first-order valence-electron chi connectivity index (χ1n) is 10.6. The van der Waals surface area contributed by atoms with E-state index in [1.165, 1.54) is 25.7 Å². The molecule has 0 aliphatic carbocycles. The molecule has 0 amide bonds. The zero-order valence-corrected chi connectivity index (χ0v) is 17.9. The van der Waals surface area contributed by atoms with Crippen molar-refractivity contribution in [1.29, 1.82) is 0 Å². The van der Waals surface area contributed by atoms with Gasteiger partial charge in [0.25, 0.3) is 0 Å². The molecule has 0 aliphatic heterocycles. The van der Waals surface area contributed by atoms with Gasteiger partial charge in [-0.25, -0.2) is 0 Å². The molecule has 0 spiro atoms. The van der Waals surface area contributed by atoms with Crippen LogP contribution in [0.15, 0.2) is 18.2 Å². The van der Waals surface area contributed by atoms with Gasteiger partial charge in [-0.15, -0.1) is 0 Å². The third-order valence-electron chi connectivity index (χ3n) is 5.16. The molecule has 1 aromatic rings. The predicted octanol–water partition coefficient (Wildman–Crippen LogP) is 5.10. The van der Waals surface area contributed by atoms with Crippen molar-refractivity contribution in [3.63, 3.8) is 0 Å². The van der Waals surface area contributed by atoms with E-state index in [1.54, 1.807) is 7.11 Å². The first-order valence-corrected chi connectivity index (χ1v) is 10.6. The van der Waals surface area contributed by atoms with E-state index in [4.69, 9.17) is 15.2 Å². The summed E-state index contributed by atoms with van der Waals surface area (Å²) in [5.41, 5.74) is 6.89. The highest BCUT2D eigenvalue weighted by atomic mass is 16.5. The zero-order valence-electron chi connectivity index (χ0n) is 17.9. The van der Waals surface area contributed by atoms with Crippen LogP contribution in [-0.2, 0) is 6.42 Å². The van der Waals surface area contributed by atoms with Crippen molar-refractivity contribution in [1.82, 2.24) is 0 Å². The van der Waals surface area contributed by atoms with Gasteiger partial charge in [-0.05, 0) is 43.2 Å². The van der Waals surface area contributed by atoms with Gasteiger partial charge in [-0.3, -0.25) is 0 Å². The van der Waals surface area contributed by atoms with Crippen LogP contribution in [0.3, 0.4) is 0 Å². The van der Waals surface area contributed by atoms with Crippen molar-refractivity contribution in [2.75, 3.05) is 20.3 Å². The molecule has 0 aromatic heterocycles. The van der Waals surface area contributed by atoms with E-state index in [9.17, 15) is 5.11 Å². The molecule has 0 fully saturated rings. The molecule has 1 unspecified atom stereocenters. The minimum atomic E-state index is -0.509. The fourth-order valence-corrected chi connectivity index (χ4v) is 3.38. The number of aliphatic hydroxyl groups excluding tert-OH is 1. The number of aryl methyl sites for hydroxylation is 1. The van der Waals surface area contributed by atoms with E-state index in [-0.39, 0.29) is 6.61 Å². The van der Waals surface area contributed by atoms with Crippen molar-refractivity contribution >= 4 is 0 Å². The van der Waals surface area contributed by atoms with Gasteiger partial charge in [0, 0.05) is 11.6 Å². The standard InChI is InChI=1S/C23H41NO3/c1-5-14-23(24,18-25)15-13-20-11-12-21(17-22(20)26-4)27-16-9-7-6-8-10-19(2)3/h11-12,17,19,25H,5-10,13-16,18,24H2,1-4H3. The lowest BCUT2D eigenvalue weighted by Gasteiger charge is -2.27.